The Morgan fingerprint density at radius 2 is 1.85 bits per heavy atom. The molecule has 2 N–H and O–H groups in total. The van der Waals surface area contributed by atoms with E-state index in [1.165, 1.54) is 0 Å². The SMILES string of the molecule is CCNC(=NCC(C(C)C)N1CCN(C)CC1)NCCN(C)CCCOC. The topological polar surface area (TPSA) is 55.4 Å². The lowest BCUT2D eigenvalue weighted by atomic mass is 10.0. The summed E-state index contributed by atoms with van der Waals surface area (Å²) in [5, 5.41) is 6.87. The zero-order valence-corrected chi connectivity index (χ0v) is 18.6. The average molecular weight is 385 g/mol. The van der Waals surface area contributed by atoms with E-state index in [1.807, 2.05) is 0 Å². The summed E-state index contributed by atoms with van der Waals surface area (Å²) >= 11 is 0. The van der Waals surface area contributed by atoms with Crippen molar-refractivity contribution in [1.29, 1.82) is 0 Å². The number of nitrogens with one attached hydrogen (secondary N) is 2. The van der Waals surface area contributed by atoms with Crippen molar-refractivity contribution in [3.8, 4) is 0 Å². The molecular formula is C20H44N6O. The minimum Gasteiger partial charge on any atom is -0.385 e. The largest absolute Gasteiger partial charge is 0.385 e. The lowest BCUT2D eigenvalue weighted by molar-refractivity contribution is 0.0925. The van der Waals surface area contributed by atoms with Crippen LogP contribution in [0.15, 0.2) is 4.99 Å². The molecule has 0 aromatic rings. The molecule has 0 aliphatic carbocycles. The minimum absolute atomic E-state index is 0.505. The Morgan fingerprint density at radius 1 is 1.15 bits per heavy atom. The van der Waals surface area contributed by atoms with Gasteiger partial charge in [0.2, 0.25) is 0 Å². The molecule has 1 rings (SSSR count). The number of rotatable bonds is 12. The minimum atomic E-state index is 0.505. The van der Waals surface area contributed by atoms with Gasteiger partial charge < -0.3 is 25.2 Å². The van der Waals surface area contributed by atoms with E-state index in [0.29, 0.717) is 12.0 Å². The van der Waals surface area contributed by atoms with Crippen LogP contribution in [-0.2, 0) is 4.74 Å². The summed E-state index contributed by atoms with van der Waals surface area (Å²) in [4.78, 5) is 12.3. The molecule has 1 aliphatic rings. The smallest absolute Gasteiger partial charge is 0.191 e. The third kappa shape index (κ3) is 10.3. The van der Waals surface area contributed by atoms with Crippen molar-refractivity contribution in [2.24, 2.45) is 10.9 Å². The highest BCUT2D eigenvalue weighted by atomic mass is 16.5. The number of nitrogens with zero attached hydrogens (tertiary/aromatic N) is 4. The Hall–Kier alpha value is -0.890. The first-order valence-corrected chi connectivity index (χ1v) is 10.6. The van der Waals surface area contributed by atoms with Gasteiger partial charge in [-0.15, -0.1) is 0 Å². The lowest BCUT2D eigenvalue weighted by Crippen LogP contribution is -2.52. The van der Waals surface area contributed by atoms with Crippen molar-refractivity contribution in [1.82, 2.24) is 25.3 Å². The third-order valence-corrected chi connectivity index (χ3v) is 5.23. The molecular weight excluding hydrogens is 340 g/mol. The van der Waals surface area contributed by atoms with E-state index in [0.717, 1.165) is 77.9 Å². The fraction of sp³-hybridized carbons (Fsp3) is 0.950. The van der Waals surface area contributed by atoms with E-state index < -0.39 is 0 Å². The second kappa shape index (κ2) is 14.2. The Labute approximate surface area is 167 Å². The van der Waals surface area contributed by atoms with E-state index in [4.69, 9.17) is 9.73 Å². The normalized spacial score (nSPS) is 18.3. The zero-order chi connectivity index (χ0) is 20.1. The van der Waals surface area contributed by atoms with Gasteiger partial charge in [-0.25, -0.2) is 0 Å². The van der Waals surface area contributed by atoms with Crippen LogP contribution in [0.5, 0.6) is 0 Å². The average Bonchev–Trinajstić information content (AvgIpc) is 2.63. The number of hydrogen-bond donors (Lipinski definition) is 2. The summed E-state index contributed by atoms with van der Waals surface area (Å²) < 4.78 is 5.12. The van der Waals surface area contributed by atoms with Crippen LogP contribution in [0, 0.1) is 5.92 Å². The summed E-state index contributed by atoms with van der Waals surface area (Å²) in [6.45, 7) is 16.9. The number of hydrogen-bond acceptors (Lipinski definition) is 5. The number of guanidine groups is 1. The quantitative estimate of drug-likeness (QED) is 0.295. The molecule has 0 radical (unpaired) electrons. The number of likely N-dealkylation sites (N-methyl/N-ethyl adjacent to an activating group) is 2. The van der Waals surface area contributed by atoms with Gasteiger partial charge in [-0.1, -0.05) is 13.8 Å². The van der Waals surface area contributed by atoms with Gasteiger partial charge in [-0.2, -0.15) is 0 Å². The molecule has 1 aliphatic heterocycles. The maximum absolute atomic E-state index is 5.12. The van der Waals surface area contributed by atoms with Gasteiger partial charge in [0, 0.05) is 72.1 Å². The first-order chi connectivity index (χ1) is 13.0. The molecule has 1 atom stereocenters. The number of ether oxygens (including phenoxy) is 1. The van der Waals surface area contributed by atoms with Crippen LogP contribution in [0.1, 0.15) is 27.2 Å². The van der Waals surface area contributed by atoms with Gasteiger partial charge >= 0.3 is 0 Å². The van der Waals surface area contributed by atoms with Crippen molar-refractivity contribution < 1.29 is 4.74 Å². The van der Waals surface area contributed by atoms with Gasteiger partial charge in [0.15, 0.2) is 5.96 Å². The molecule has 0 spiro atoms. The number of piperazine rings is 1. The summed E-state index contributed by atoms with van der Waals surface area (Å²) in [5.41, 5.74) is 0. The Balaban J connectivity index is 2.47. The Bertz CT molecular complexity index is 396. The third-order valence-electron chi connectivity index (χ3n) is 5.23. The zero-order valence-electron chi connectivity index (χ0n) is 18.6. The molecule has 0 amide bonds. The van der Waals surface area contributed by atoms with E-state index in [2.05, 4.69) is 60.2 Å². The second-order valence-corrected chi connectivity index (χ2v) is 7.95. The highest BCUT2D eigenvalue weighted by Crippen LogP contribution is 2.13. The summed E-state index contributed by atoms with van der Waals surface area (Å²) in [6, 6.07) is 0.505. The molecule has 0 saturated carbocycles. The summed E-state index contributed by atoms with van der Waals surface area (Å²) in [5.74, 6) is 1.54. The lowest BCUT2D eigenvalue weighted by Gasteiger charge is -2.39. The van der Waals surface area contributed by atoms with Crippen molar-refractivity contribution in [3.63, 3.8) is 0 Å². The highest BCUT2D eigenvalue weighted by molar-refractivity contribution is 5.79. The monoisotopic (exact) mass is 384 g/mol. The molecule has 1 unspecified atom stereocenters. The van der Waals surface area contributed by atoms with Gasteiger partial charge in [-0.05, 0) is 33.4 Å². The van der Waals surface area contributed by atoms with E-state index in [1.54, 1.807) is 7.11 Å². The van der Waals surface area contributed by atoms with Gasteiger partial charge in [0.1, 0.15) is 0 Å². The van der Waals surface area contributed by atoms with Gasteiger partial charge in [0.25, 0.3) is 0 Å². The van der Waals surface area contributed by atoms with E-state index in [-0.39, 0.29) is 0 Å². The predicted octanol–water partition coefficient (Wildman–Crippen LogP) is 0.782. The molecule has 1 fully saturated rings. The molecule has 160 valence electrons. The Kier molecular flexibility index (Phi) is 12.7. The number of aliphatic imine (C=N–C) groups is 1. The van der Waals surface area contributed by atoms with Crippen molar-refractivity contribution in [2.75, 3.05) is 86.7 Å². The first-order valence-electron chi connectivity index (χ1n) is 10.6. The summed E-state index contributed by atoms with van der Waals surface area (Å²) in [6.07, 6.45) is 1.07. The molecule has 7 nitrogen and oxygen atoms in total. The maximum atomic E-state index is 5.12. The molecule has 1 heterocycles. The van der Waals surface area contributed by atoms with Crippen LogP contribution in [-0.4, -0.2) is 113 Å². The van der Waals surface area contributed by atoms with Gasteiger partial charge in [0.05, 0.1) is 6.54 Å². The Morgan fingerprint density at radius 3 is 2.44 bits per heavy atom. The second-order valence-electron chi connectivity index (χ2n) is 7.95. The van der Waals surface area contributed by atoms with Crippen LogP contribution < -0.4 is 10.6 Å². The van der Waals surface area contributed by atoms with Crippen molar-refractivity contribution in [3.05, 3.63) is 0 Å². The fourth-order valence-electron chi connectivity index (χ4n) is 3.38. The molecule has 27 heavy (non-hydrogen) atoms. The number of methoxy groups -OCH3 is 1. The van der Waals surface area contributed by atoms with Gasteiger partial charge in [-0.3, -0.25) is 9.89 Å². The molecule has 0 aromatic heterocycles. The van der Waals surface area contributed by atoms with Crippen molar-refractivity contribution in [2.45, 2.75) is 33.2 Å². The van der Waals surface area contributed by atoms with Crippen LogP contribution in [0.3, 0.4) is 0 Å². The van der Waals surface area contributed by atoms with Crippen LogP contribution >= 0.6 is 0 Å². The van der Waals surface area contributed by atoms with Crippen LogP contribution in [0.25, 0.3) is 0 Å². The first kappa shape index (κ1) is 24.1. The molecule has 0 bridgehead atoms. The molecule has 1 saturated heterocycles. The van der Waals surface area contributed by atoms with Crippen LogP contribution in [0.4, 0.5) is 0 Å². The van der Waals surface area contributed by atoms with E-state index in [9.17, 15) is 0 Å². The predicted molar refractivity (Wildman–Crippen MR) is 116 cm³/mol. The van der Waals surface area contributed by atoms with Crippen LogP contribution in [0.2, 0.25) is 0 Å². The maximum Gasteiger partial charge on any atom is 0.191 e. The van der Waals surface area contributed by atoms with E-state index >= 15 is 0 Å². The molecule has 0 aromatic carbocycles. The van der Waals surface area contributed by atoms with Crippen molar-refractivity contribution >= 4 is 5.96 Å². The summed E-state index contributed by atoms with van der Waals surface area (Å²) in [7, 11) is 6.12. The highest BCUT2D eigenvalue weighted by Gasteiger charge is 2.24. The standard InChI is InChI=1S/C20H44N6O/c1-7-21-20(22-9-11-24(4)10-8-16-27-6)23-17-19(18(2)3)26-14-12-25(5)13-15-26/h18-19H,7-17H2,1-6H3,(H2,21,22,23). The molecule has 7 heteroatoms. The fourth-order valence-corrected chi connectivity index (χ4v) is 3.38.